The van der Waals surface area contributed by atoms with Gasteiger partial charge in [-0.25, -0.2) is 9.37 Å². The van der Waals surface area contributed by atoms with Crippen molar-refractivity contribution in [3.05, 3.63) is 23.6 Å². The van der Waals surface area contributed by atoms with Gasteiger partial charge in [0.1, 0.15) is 11.6 Å². The Balaban J connectivity index is 2.83. The van der Waals surface area contributed by atoms with Gasteiger partial charge in [0.25, 0.3) is 5.91 Å². The molecular weight excluding hydrogens is 245 g/mol. The molecule has 1 heterocycles. The molecule has 0 atom stereocenters. The predicted octanol–water partition coefficient (Wildman–Crippen LogP) is 2.82. The molecule has 19 heavy (non-hydrogen) atoms. The number of halogens is 1. The first-order valence-corrected chi connectivity index (χ1v) is 6.57. The number of nitrogens with zero attached hydrogens (tertiary/aromatic N) is 1. The third-order valence-electron chi connectivity index (χ3n) is 3.13. The van der Waals surface area contributed by atoms with E-state index in [-0.39, 0.29) is 16.9 Å². The maximum atomic E-state index is 13.2. The molecule has 0 aliphatic carbocycles. The number of amides is 1. The van der Waals surface area contributed by atoms with E-state index in [1.54, 1.807) is 0 Å². The molecule has 106 valence electrons. The molecule has 0 aliphatic heterocycles. The van der Waals surface area contributed by atoms with E-state index in [2.05, 4.69) is 36.4 Å². The number of pyridine rings is 1. The van der Waals surface area contributed by atoms with Crippen LogP contribution >= 0.6 is 0 Å². The Labute approximate surface area is 113 Å². The smallest absolute Gasteiger partial charge is 0.255 e. The van der Waals surface area contributed by atoms with Crippen molar-refractivity contribution < 1.29 is 9.18 Å². The molecule has 4 nitrogen and oxygen atoms in total. The van der Waals surface area contributed by atoms with Crippen molar-refractivity contribution in [3.63, 3.8) is 0 Å². The van der Waals surface area contributed by atoms with Crippen LogP contribution in [0.4, 0.5) is 10.2 Å². The van der Waals surface area contributed by atoms with Crippen molar-refractivity contribution in [2.24, 2.45) is 5.41 Å². The van der Waals surface area contributed by atoms with Crippen molar-refractivity contribution in [2.45, 2.75) is 34.1 Å². The molecule has 0 unspecified atom stereocenters. The number of carbonyl (C=O) groups is 1. The highest BCUT2D eigenvalue weighted by Gasteiger charge is 2.19. The normalized spacial score (nSPS) is 11.2. The Morgan fingerprint density at radius 3 is 2.68 bits per heavy atom. The van der Waals surface area contributed by atoms with Gasteiger partial charge in [-0.05, 0) is 24.8 Å². The van der Waals surface area contributed by atoms with E-state index in [1.807, 2.05) is 6.92 Å². The van der Waals surface area contributed by atoms with E-state index in [0.717, 1.165) is 12.6 Å². The Morgan fingerprint density at radius 1 is 1.42 bits per heavy atom. The molecule has 0 saturated carbocycles. The number of aromatic nitrogens is 1. The number of rotatable bonds is 6. The first-order valence-electron chi connectivity index (χ1n) is 6.57. The maximum absolute atomic E-state index is 13.2. The highest BCUT2D eigenvalue weighted by Crippen LogP contribution is 2.19. The minimum absolute atomic E-state index is 0.0226. The second kappa shape index (κ2) is 6.50. The molecule has 1 amide bonds. The summed E-state index contributed by atoms with van der Waals surface area (Å²) in [6.07, 6.45) is 2.06. The van der Waals surface area contributed by atoms with E-state index in [0.29, 0.717) is 18.9 Å². The van der Waals surface area contributed by atoms with E-state index >= 15 is 0 Å². The van der Waals surface area contributed by atoms with Gasteiger partial charge in [0.2, 0.25) is 0 Å². The zero-order valence-corrected chi connectivity index (χ0v) is 12.0. The van der Waals surface area contributed by atoms with Gasteiger partial charge in [-0.15, -0.1) is 0 Å². The highest BCUT2D eigenvalue weighted by atomic mass is 19.1. The summed E-state index contributed by atoms with van der Waals surface area (Å²) in [7, 11) is 0. The molecule has 0 fully saturated rings. The molecule has 0 spiro atoms. The van der Waals surface area contributed by atoms with Gasteiger partial charge in [0.05, 0.1) is 11.8 Å². The Morgan fingerprint density at radius 2 is 2.11 bits per heavy atom. The Hall–Kier alpha value is -1.65. The summed E-state index contributed by atoms with van der Waals surface area (Å²) in [5, 5.41) is 5.79. The van der Waals surface area contributed by atoms with Crippen LogP contribution in [0, 0.1) is 11.2 Å². The van der Waals surface area contributed by atoms with Gasteiger partial charge in [-0.3, -0.25) is 4.79 Å². The molecule has 0 radical (unpaired) electrons. The topological polar surface area (TPSA) is 54.0 Å². The third kappa shape index (κ3) is 4.50. The molecule has 1 aromatic rings. The first kappa shape index (κ1) is 15.4. The van der Waals surface area contributed by atoms with Gasteiger partial charge in [-0.1, -0.05) is 20.8 Å². The molecule has 0 aromatic carbocycles. The van der Waals surface area contributed by atoms with Crippen LogP contribution in [0.25, 0.3) is 0 Å². The van der Waals surface area contributed by atoms with Crippen LogP contribution in [-0.2, 0) is 0 Å². The van der Waals surface area contributed by atoms with Crippen molar-refractivity contribution >= 4 is 11.7 Å². The lowest BCUT2D eigenvalue weighted by molar-refractivity contribution is 0.0935. The summed E-state index contributed by atoms with van der Waals surface area (Å²) in [5.41, 5.74) is 0.267. The fourth-order valence-corrected chi connectivity index (χ4v) is 1.46. The highest BCUT2D eigenvalue weighted by molar-refractivity contribution is 5.98. The number of anilines is 1. The quantitative estimate of drug-likeness (QED) is 0.833. The Bertz CT molecular complexity index is 446. The summed E-state index contributed by atoms with van der Waals surface area (Å²) in [6, 6.07) is 1.21. The van der Waals surface area contributed by atoms with Crippen LogP contribution in [0.2, 0.25) is 0 Å². The third-order valence-corrected chi connectivity index (χ3v) is 3.13. The Kier molecular flexibility index (Phi) is 5.27. The minimum Gasteiger partial charge on any atom is -0.370 e. The number of hydrogen-bond acceptors (Lipinski definition) is 3. The lowest BCUT2D eigenvalue weighted by Gasteiger charge is -2.23. The van der Waals surface area contributed by atoms with Crippen molar-refractivity contribution in [3.8, 4) is 0 Å². The molecular formula is C14H22FN3O. The van der Waals surface area contributed by atoms with Crippen LogP contribution in [0.5, 0.6) is 0 Å². The van der Waals surface area contributed by atoms with Crippen LogP contribution in [0.15, 0.2) is 12.3 Å². The molecule has 0 aliphatic rings. The monoisotopic (exact) mass is 267 g/mol. The van der Waals surface area contributed by atoms with Gasteiger partial charge in [0.15, 0.2) is 0 Å². The van der Waals surface area contributed by atoms with Crippen molar-refractivity contribution in [2.75, 3.05) is 18.4 Å². The van der Waals surface area contributed by atoms with Gasteiger partial charge in [-0.2, -0.15) is 0 Å². The summed E-state index contributed by atoms with van der Waals surface area (Å²) in [4.78, 5) is 16.0. The van der Waals surface area contributed by atoms with Gasteiger partial charge in [0, 0.05) is 13.1 Å². The summed E-state index contributed by atoms with van der Waals surface area (Å²) < 4.78 is 13.2. The molecule has 1 rings (SSSR count). The summed E-state index contributed by atoms with van der Waals surface area (Å²) in [6.45, 7) is 9.28. The van der Waals surface area contributed by atoms with E-state index in [1.165, 1.54) is 6.07 Å². The second-order valence-corrected chi connectivity index (χ2v) is 5.28. The number of carbonyl (C=O) groups excluding carboxylic acids is 1. The lowest BCUT2D eigenvalue weighted by Crippen LogP contribution is -2.34. The SMILES string of the molecule is CCNc1ncc(F)cc1C(=O)NCC(C)(C)CC. The van der Waals surface area contributed by atoms with Crippen molar-refractivity contribution in [1.29, 1.82) is 0 Å². The van der Waals surface area contributed by atoms with Crippen molar-refractivity contribution in [1.82, 2.24) is 10.3 Å². The van der Waals surface area contributed by atoms with Gasteiger partial charge >= 0.3 is 0 Å². The number of hydrogen-bond donors (Lipinski definition) is 2. The summed E-state index contributed by atoms with van der Waals surface area (Å²) in [5.74, 6) is -0.401. The molecule has 2 N–H and O–H groups in total. The van der Waals surface area contributed by atoms with Crippen LogP contribution < -0.4 is 10.6 Å². The van der Waals surface area contributed by atoms with E-state index < -0.39 is 5.82 Å². The van der Waals surface area contributed by atoms with Crippen LogP contribution in [0.3, 0.4) is 0 Å². The molecule has 5 heteroatoms. The second-order valence-electron chi connectivity index (χ2n) is 5.28. The molecule has 0 bridgehead atoms. The van der Waals surface area contributed by atoms with E-state index in [4.69, 9.17) is 0 Å². The fraction of sp³-hybridized carbons (Fsp3) is 0.571. The zero-order valence-electron chi connectivity index (χ0n) is 12.0. The minimum atomic E-state index is -0.512. The van der Waals surface area contributed by atoms with Crippen LogP contribution in [-0.4, -0.2) is 24.0 Å². The molecule has 1 aromatic heterocycles. The first-order chi connectivity index (χ1) is 8.89. The predicted molar refractivity (Wildman–Crippen MR) is 74.8 cm³/mol. The van der Waals surface area contributed by atoms with E-state index in [9.17, 15) is 9.18 Å². The largest absolute Gasteiger partial charge is 0.370 e. The zero-order chi connectivity index (χ0) is 14.5. The lowest BCUT2D eigenvalue weighted by atomic mass is 9.90. The average molecular weight is 267 g/mol. The standard InChI is InChI=1S/C14H22FN3O/c1-5-14(3,4)9-18-13(19)11-7-10(15)8-17-12(11)16-6-2/h7-8H,5-6,9H2,1-4H3,(H,16,17)(H,18,19). The fourth-order valence-electron chi connectivity index (χ4n) is 1.46. The molecule has 0 saturated heterocycles. The average Bonchev–Trinajstić information content (AvgIpc) is 2.38. The van der Waals surface area contributed by atoms with Gasteiger partial charge < -0.3 is 10.6 Å². The maximum Gasteiger partial charge on any atom is 0.255 e. The number of nitrogens with one attached hydrogen (secondary N) is 2. The van der Waals surface area contributed by atoms with Crippen LogP contribution in [0.1, 0.15) is 44.5 Å². The summed E-state index contributed by atoms with van der Waals surface area (Å²) >= 11 is 0.